The van der Waals surface area contributed by atoms with Crippen LogP contribution < -0.4 is 0 Å². The van der Waals surface area contributed by atoms with E-state index in [1.165, 1.54) is 10.6 Å². The van der Waals surface area contributed by atoms with Gasteiger partial charge in [0, 0.05) is 36.8 Å². The van der Waals surface area contributed by atoms with E-state index in [0.717, 1.165) is 18.5 Å². The number of nitrogens with zero attached hydrogens (tertiary/aromatic N) is 3. The van der Waals surface area contributed by atoms with Gasteiger partial charge in [-0.05, 0) is 25.8 Å². The molecule has 1 saturated heterocycles. The van der Waals surface area contributed by atoms with Gasteiger partial charge in [-0.25, -0.2) is 22.7 Å². The zero-order chi connectivity index (χ0) is 16.3. The third kappa shape index (κ3) is 4.48. The molecular formula is C14H21N3O4S. The summed E-state index contributed by atoms with van der Waals surface area (Å²) >= 11 is 0. The molecule has 7 nitrogen and oxygen atoms in total. The largest absolute Gasteiger partial charge is 0.481 e. The van der Waals surface area contributed by atoms with Crippen molar-refractivity contribution in [3.63, 3.8) is 0 Å². The molecule has 1 unspecified atom stereocenters. The quantitative estimate of drug-likeness (QED) is 0.864. The van der Waals surface area contributed by atoms with Crippen LogP contribution in [0.25, 0.3) is 0 Å². The lowest BCUT2D eigenvalue weighted by molar-refractivity contribution is -0.136. The zero-order valence-electron chi connectivity index (χ0n) is 12.8. The predicted octanol–water partition coefficient (Wildman–Crippen LogP) is 0.941. The second-order valence-corrected chi connectivity index (χ2v) is 7.67. The van der Waals surface area contributed by atoms with Crippen LogP contribution in [-0.4, -0.2) is 53.1 Å². The Morgan fingerprint density at radius 3 is 2.82 bits per heavy atom. The molecule has 1 aromatic heterocycles. The smallest absolute Gasteiger partial charge is 0.303 e. The molecule has 1 aromatic rings. The second kappa shape index (κ2) is 6.70. The van der Waals surface area contributed by atoms with E-state index in [2.05, 4.69) is 9.97 Å². The summed E-state index contributed by atoms with van der Waals surface area (Å²) in [6.45, 7) is 2.74. The van der Waals surface area contributed by atoms with Crippen LogP contribution in [0.3, 0.4) is 0 Å². The number of piperidine rings is 1. The van der Waals surface area contributed by atoms with E-state index < -0.39 is 16.0 Å². The summed E-state index contributed by atoms with van der Waals surface area (Å²) in [4.78, 5) is 19.4. The van der Waals surface area contributed by atoms with Gasteiger partial charge in [-0.15, -0.1) is 0 Å². The number of sulfonamides is 1. The van der Waals surface area contributed by atoms with E-state index in [9.17, 15) is 13.2 Å². The highest BCUT2D eigenvalue weighted by molar-refractivity contribution is 7.88. The molecule has 0 aliphatic carbocycles. The summed E-state index contributed by atoms with van der Waals surface area (Å²) in [5.74, 6) is -0.234. The number of aliphatic carboxylic acids is 1. The van der Waals surface area contributed by atoms with E-state index in [4.69, 9.17) is 5.11 Å². The van der Waals surface area contributed by atoms with E-state index in [0.29, 0.717) is 31.0 Å². The Hall–Kier alpha value is -1.54. The van der Waals surface area contributed by atoms with Crippen LogP contribution in [0.15, 0.2) is 6.07 Å². The molecule has 1 atom stereocenters. The van der Waals surface area contributed by atoms with Crippen molar-refractivity contribution in [2.75, 3.05) is 19.3 Å². The van der Waals surface area contributed by atoms with Gasteiger partial charge in [0.25, 0.3) is 0 Å². The average molecular weight is 327 g/mol. The van der Waals surface area contributed by atoms with E-state index >= 15 is 0 Å². The summed E-state index contributed by atoms with van der Waals surface area (Å²) in [6.07, 6.45) is 3.27. The lowest BCUT2D eigenvalue weighted by atomic mass is 9.95. The SMILES string of the molecule is Cc1nc(CCC(=O)O)cc(C2CCCN(S(C)(=O)=O)C2)n1. The Labute approximate surface area is 130 Å². The third-order valence-corrected chi connectivity index (χ3v) is 5.05. The van der Waals surface area contributed by atoms with Crippen molar-refractivity contribution >= 4 is 16.0 Å². The Balaban J connectivity index is 2.18. The maximum absolute atomic E-state index is 11.7. The minimum absolute atomic E-state index is 0.0238. The summed E-state index contributed by atoms with van der Waals surface area (Å²) < 4.78 is 24.9. The molecule has 1 N–H and O–H groups in total. The van der Waals surface area contributed by atoms with E-state index in [1.54, 1.807) is 6.92 Å². The first-order valence-electron chi connectivity index (χ1n) is 7.27. The predicted molar refractivity (Wildman–Crippen MR) is 81.1 cm³/mol. The molecular weight excluding hydrogens is 306 g/mol. The molecule has 1 fully saturated rings. The van der Waals surface area contributed by atoms with Crippen molar-refractivity contribution in [1.82, 2.24) is 14.3 Å². The molecule has 0 saturated carbocycles. The van der Waals surface area contributed by atoms with Crippen LogP contribution in [0.2, 0.25) is 0 Å². The Bertz CT molecular complexity index is 660. The molecule has 22 heavy (non-hydrogen) atoms. The third-order valence-electron chi connectivity index (χ3n) is 3.78. The van der Waals surface area contributed by atoms with Crippen molar-refractivity contribution in [1.29, 1.82) is 0 Å². The van der Waals surface area contributed by atoms with Gasteiger partial charge in [-0.3, -0.25) is 4.79 Å². The first-order valence-corrected chi connectivity index (χ1v) is 9.12. The number of aromatic nitrogens is 2. The molecule has 2 rings (SSSR count). The summed E-state index contributed by atoms with van der Waals surface area (Å²) in [6, 6.07) is 1.81. The number of carboxylic acids is 1. The number of hydrogen-bond acceptors (Lipinski definition) is 5. The lowest BCUT2D eigenvalue weighted by Gasteiger charge is -2.30. The van der Waals surface area contributed by atoms with Gasteiger partial charge in [0.15, 0.2) is 0 Å². The Morgan fingerprint density at radius 2 is 2.18 bits per heavy atom. The minimum atomic E-state index is -3.20. The number of carboxylic acid groups (broad SMARTS) is 1. The van der Waals surface area contributed by atoms with Crippen molar-refractivity contribution in [3.05, 3.63) is 23.3 Å². The maximum atomic E-state index is 11.7. The van der Waals surface area contributed by atoms with Gasteiger partial charge in [-0.1, -0.05) is 0 Å². The summed E-state index contributed by atoms with van der Waals surface area (Å²) in [5, 5.41) is 8.77. The fourth-order valence-electron chi connectivity index (χ4n) is 2.71. The number of carbonyl (C=O) groups is 1. The normalized spacial score (nSPS) is 20.0. The molecule has 0 bridgehead atoms. The molecule has 0 aromatic carbocycles. The Kier molecular flexibility index (Phi) is 5.12. The average Bonchev–Trinajstić information content (AvgIpc) is 2.44. The molecule has 1 aliphatic rings. The fourth-order valence-corrected chi connectivity index (χ4v) is 3.62. The van der Waals surface area contributed by atoms with Crippen LogP contribution in [0.1, 0.15) is 42.4 Å². The zero-order valence-corrected chi connectivity index (χ0v) is 13.6. The van der Waals surface area contributed by atoms with Crippen LogP contribution in [0, 0.1) is 6.92 Å². The molecule has 122 valence electrons. The molecule has 0 spiro atoms. The first-order chi connectivity index (χ1) is 10.3. The summed E-state index contributed by atoms with van der Waals surface area (Å²) in [7, 11) is -3.20. The van der Waals surface area contributed by atoms with Crippen molar-refractivity contribution < 1.29 is 18.3 Å². The standard InChI is InChI=1S/C14H21N3O4S/c1-10-15-12(5-6-14(18)19)8-13(16-10)11-4-3-7-17(9-11)22(2,20)21/h8,11H,3-7,9H2,1-2H3,(H,18,19). The first kappa shape index (κ1) is 16.8. The highest BCUT2D eigenvalue weighted by Gasteiger charge is 2.28. The second-order valence-electron chi connectivity index (χ2n) is 5.69. The number of hydrogen-bond donors (Lipinski definition) is 1. The van der Waals surface area contributed by atoms with Crippen LogP contribution >= 0.6 is 0 Å². The fraction of sp³-hybridized carbons (Fsp3) is 0.643. The van der Waals surface area contributed by atoms with E-state index in [-0.39, 0.29) is 12.3 Å². The van der Waals surface area contributed by atoms with Gasteiger partial charge < -0.3 is 5.11 Å². The number of aryl methyl sites for hydroxylation is 2. The van der Waals surface area contributed by atoms with Crippen LogP contribution in [0.5, 0.6) is 0 Å². The van der Waals surface area contributed by atoms with Crippen molar-refractivity contribution in [3.8, 4) is 0 Å². The lowest BCUT2D eigenvalue weighted by Crippen LogP contribution is -2.38. The van der Waals surface area contributed by atoms with Gasteiger partial charge >= 0.3 is 5.97 Å². The Morgan fingerprint density at radius 1 is 1.45 bits per heavy atom. The number of rotatable bonds is 5. The molecule has 0 radical (unpaired) electrons. The van der Waals surface area contributed by atoms with Crippen molar-refractivity contribution in [2.24, 2.45) is 0 Å². The monoisotopic (exact) mass is 327 g/mol. The van der Waals surface area contributed by atoms with Gasteiger partial charge in [-0.2, -0.15) is 0 Å². The van der Waals surface area contributed by atoms with Crippen molar-refractivity contribution in [2.45, 2.75) is 38.5 Å². The van der Waals surface area contributed by atoms with Gasteiger partial charge in [0.2, 0.25) is 10.0 Å². The van der Waals surface area contributed by atoms with E-state index in [1.807, 2.05) is 6.07 Å². The van der Waals surface area contributed by atoms with Crippen LogP contribution in [-0.2, 0) is 21.2 Å². The molecule has 0 amide bonds. The highest BCUT2D eigenvalue weighted by atomic mass is 32.2. The summed E-state index contributed by atoms with van der Waals surface area (Å²) in [5.41, 5.74) is 1.50. The molecule has 8 heteroatoms. The maximum Gasteiger partial charge on any atom is 0.303 e. The molecule has 1 aliphatic heterocycles. The highest BCUT2D eigenvalue weighted by Crippen LogP contribution is 2.27. The topological polar surface area (TPSA) is 100 Å². The van der Waals surface area contributed by atoms with Gasteiger partial charge in [0.05, 0.1) is 12.7 Å². The molecule has 2 heterocycles. The van der Waals surface area contributed by atoms with Gasteiger partial charge in [0.1, 0.15) is 5.82 Å². The minimum Gasteiger partial charge on any atom is -0.481 e. The van der Waals surface area contributed by atoms with Crippen LogP contribution in [0.4, 0.5) is 0 Å².